The molecule has 4 aliphatic rings. The number of aliphatic hydroxyl groups is 2. The Bertz CT molecular complexity index is 774. The third kappa shape index (κ3) is 3.46. The minimum Gasteiger partial charge on any atom is -0.493 e. The van der Waals surface area contributed by atoms with Gasteiger partial charge in [0, 0.05) is 12.0 Å². The summed E-state index contributed by atoms with van der Waals surface area (Å²) in [6, 6.07) is 0. The van der Waals surface area contributed by atoms with Crippen LogP contribution in [-0.4, -0.2) is 40.6 Å². The predicted octanol–water partition coefficient (Wildman–Crippen LogP) is 3.66. The van der Waals surface area contributed by atoms with Gasteiger partial charge in [-0.3, -0.25) is 4.79 Å². The van der Waals surface area contributed by atoms with Gasteiger partial charge in [0.2, 0.25) is 0 Å². The van der Waals surface area contributed by atoms with Crippen LogP contribution in [-0.2, 0) is 14.3 Å². The van der Waals surface area contributed by atoms with Gasteiger partial charge >= 0.3 is 5.97 Å². The van der Waals surface area contributed by atoms with Crippen molar-refractivity contribution in [3.05, 3.63) is 35.6 Å². The van der Waals surface area contributed by atoms with Gasteiger partial charge in [-0.1, -0.05) is 32.9 Å². The molecule has 0 spiro atoms. The SMILES string of the molecule is CC1(C)[C@H](O)CC[C@@]2(C)[C@@H]1CC[C@](C)(O)[C@H]2COC1=C[C@@H]2OC(=O)CC=C2C=C1. The maximum Gasteiger partial charge on any atom is 0.310 e. The van der Waals surface area contributed by atoms with Crippen molar-refractivity contribution in [3.8, 4) is 0 Å². The third-order valence-electron chi connectivity index (χ3n) is 8.26. The number of carbonyl (C=O) groups is 1. The van der Waals surface area contributed by atoms with Crippen LogP contribution >= 0.6 is 0 Å². The van der Waals surface area contributed by atoms with E-state index < -0.39 is 5.60 Å². The number of fused-ring (bicyclic) bond motifs is 2. The van der Waals surface area contributed by atoms with Gasteiger partial charge < -0.3 is 19.7 Å². The van der Waals surface area contributed by atoms with Crippen LogP contribution in [0.15, 0.2) is 35.6 Å². The Morgan fingerprint density at radius 2 is 1.93 bits per heavy atom. The van der Waals surface area contributed by atoms with E-state index in [2.05, 4.69) is 20.8 Å². The molecule has 5 nitrogen and oxygen atoms in total. The van der Waals surface area contributed by atoms with Crippen LogP contribution in [0.2, 0.25) is 0 Å². The lowest BCUT2D eigenvalue weighted by atomic mass is 9.45. The van der Waals surface area contributed by atoms with Crippen LogP contribution in [0.5, 0.6) is 0 Å². The van der Waals surface area contributed by atoms with E-state index in [1.807, 2.05) is 31.2 Å². The summed E-state index contributed by atoms with van der Waals surface area (Å²) in [7, 11) is 0. The normalized spacial score (nSPS) is 43.4. The van der Waals surface area contributed by atoms with Gasteiger partial charge in [0.05, 0.1) is 24.7 Å². The van der Waals surface area contributed by atoms with Crippen LogP contribution in [0.1, 0.15) is 59.8 Å². The van der Waals surface area contributed by atoms with Gasteiger partial charge in [-0.25, -0.2) is 0 Å². The highest BCUT2D eigenvalue weighted by atomic mass is 16.5. The average molecular weight is 403 g/mol. The number of allylic oxidation sites excluding steroid dienone is 1. The minimum atomic E-state index is -0.815. The average Bonchev–Trinajstić information content (AvgIpc) is 2.64. The number of hydrogen-bond acceptors (Lipinski definition) is 5. The van der Waals surface area contributed by atoms with Crippen molar-refractivity contribution in [1.82, 2.24) is 0 Å². The second kappa shape index (κ2) is 6.98. The van der Waals surface area contributed by atoms with Gasteiger partial charge in [0.15, 0.2) is 0 Å². The molecule has 0 aromatic rings. The van der Waals surface area contributed by atoms with E-state index in [0.717, 1.165) is 24.8 Å². The molecule has 0 bridgehead atoms. The Morgan fingerprint density at radius 1 is 1.17 bits per heavy atom. The maximum atomic E-state index is 11.6. The molecule has 0 aromatic heterocycles. The zero-order valence-corrected chi connectivity index (χ0v) is 18.0. The summed E-state index contributed by atoms with van der Waals surface area (Å²) in [6.07, 6.45) is 10.5. The largest absolute Gasteiger partial charge is 0.493 e. The molecule has 0 saturated heterocycles. The van der Waals surface area contributed by atoms with Gasteiger partial charge in [-0.2, -0.15) is 0 Å². The van der Waals surface area contributed by atoms with E-state index >= 15 is 0 Å². The first-order valence-corrected chi connectivity index (χ1v) is 10.9. The van der Waals surface area contributed by atoms with Crippen molar-refractivity contribution in [2.45, 2.75) is 77.6 Å². The molecule has 1 aliphatic heterocycles. The topological polar surface area (TPSA) is 76.0 Å². The van der Waals surface area contributed by atoms with E-state index in [-0.39, 0.29) is 34.9 Å². The van der Waals surface area contributed by atoms with Gasteiger partial charge in [-0.15, -0.1) is 0 Å². The van der Waals surface area contributed by atoms with Crippen LogP contribution in [0, 0.1) is 22.7 Å². The molecular weight excluding hydrogens is 368 g/mol. The number of rotatable bonds is 3. The minimum absolute atomic E-state index is 0.0410. The highest BCUT2D eigenvalue weighted by molar-refractivity contribution is 5.74. The second-order valence-corrected chi connectivity index (χ2v) is 10.4. The third-order valence-corrected chi connectivity index (χ3v) is 8.26. The van der Waals surface area contributed by atoms with Crippen molar-refractivity contribution in [2.24, 2.45) is 22.7 Å². The summed E-state index contributed by atoms with van der Waals surface area (Å²) in [4.78, 5) is 11.6. The summed E-state index contributed by atoms with van der Waals surface area (Å²) >= 11 is 0. The first kappa shape index (κ1) is 20.7. The number of carbonyl (C=O) groups excluding carboxylic acids is 1. The fourth-order valence-electron chi connectivity index (χ4n) is 6.41. The van der Waals surface area contributed by atoms with E-state index in [1.54, 1.807) is 0 Å². The van der Waals surface area contributed by atoms with Gasteiger partial charge in [0.1, 0.15) is 11.9 Å². The second-order valence-electron chi connectivity index (χ2n) is 10.4. The Kier molecular flexibility index (Phi) is 4.98. The molecule has 6 atom stereocenters. The monoisotopic (exact) mass is 402 g/mol. The molecule has 160 valence electrons. The van der Waals surface area contributed by atoms with Crippen LogP contribution in [0.4, 0.5) is 0 Å². The number of esters is 1. The number of hydrogen-bond donors (Lipinski definition) is 2. The molecule has 3 aliphatic carbocycles. The summed E-state index contributed by atoms with van der Waals surface area (Å²) < 4.78 is 11.6. The zero-order valence-electron chi connectivity index (χ0n) is 18.0. The van der Waals surface area contributed by atoms with Crippen LogP contribution in [0.25, 0.3) is 0 Å². The fraction of sp³-hybridized carbons (Fsp3) is 0.708. The molecule has 4 rings (SSSR count). The summed E-state index contributed by atoms with van der Waals surface area (Å²) in [5.41, 5.74) is -0.116. The highest BCUT2D eigenvalue weighted by Crippen LogP contribution is 2.62. The smallest absolute Gasteiger partial charge is 0.310 e. The molecular formula is C24H34O5. The molecule has 1 heterocycles. The first-order valence-electron chi connectivity index (χ1n) is 10.9. The summed E-state index contributed by atoms with van der Waals surface area (Å²) in [6.45, 7) is 8.92. The van der Waals surface area contributed by atoms with Crippen LogP contribution in [0.3, 0.4) is 0 Å². The molecule has 0 amide bonds. The quantitative estimate of drug-likeness (QED) is 0.705. The summed E-state index contributed by atoms with van der Waals surface area (Å²) in [5, 5.41) is 21.9. The van der Waals surface area contributed by atoms with E-state index in [9.17, 15) is 15.0 Å². The van der Waals surface area contributed by atoms with Gasteiger partial charge in [-0.05, 0) is 61.0 Å². The maximum absolute atomic E-state index is 11.6. The van der Waals surface area contributed by atoms with Crippen molar-refractivity contribution in [1.29, 1.82) is 0 Å². The number of ether oxygens (including phenoxy) is 2. The van der Waals surface area contributed by atoms with Crippen molar-refractivity contribution < 1.29 is 24.5 Å². The molecule has 2 saturated carbocycles. The zero-order chi connectivity index (χ0) is 21.0. The molecule has 2 fully saturated rings. The molecule has 2 N–H and O–H groups in total. The van der Waals surface area contributed by atoms with Crippen molar-refractivity contribution in [3.63, 3.8) is 0 Å². The van der Waals surface area contributed by atoms with Crippen molar-refractivity contribution in [2.75, 3.05) is 6.61 Å². The summed E-state index contributed by atoms with van der Waals surface area (Å²) in [5.74, 6) is 0.745. The van der Waals surface area contributed by atoms with E-state index in [0.29, 0.717) is 31.1 Å². The fourth-order valence-corrected chi connectivity index (χ4v) is 6.41. The molecule has 0 unspecified atom stereocenters. The molecule has 5 heteroatoms. The van der Waals surface area contributed by atoms with Gasteiger partial charge in [0.25, 0.3) is 0 Å². The highest BCUT2D eigenvalue weighted by Gasteiger charge is 2.60. The Labute approximate surface area is 173 Å². The predicted molar refractivity (Wildman–Crippen MR) is 110 cm³/mol. The lowest BCUT2D eigenvalue weighted by molar-refractivity contribution is -0.204. The Hall–Kier alpha value is -1.59. The molecule has 0 radical (unpaired) electrons. The van der Waals surface area contributed by atoms with E-state index in [1.165, 1.54) is 0 Å². The lowest BCUT2D eigenvalue weighted by Gasteiger charge is -2.62. The Morgan fingerprint density at radius 3 is 2.69 bits per heavy atom. The van der Waals surface area contributed by atoms with Crippen LogP contribution < -0.4 is 0 Å². The standard InChI is InChI=1S/C24H34O5/c1-22(2)18-9-12-24(4,27)19(23(18,3)11-10-20(22)25)14-28-16-7-5-15-6-8-21(26)29-17(15)13-16/h5-7,13,17-20,25,27H,8-12,14H2,1-4H3/t17-,18+,19-,20+,23-,24-/m0/s1. The first-order chi connectivity index (χ1) is 13.5. The number of aliphatic hydroxyl groups excluding tert-OH is 1. The van der Waals surface area contributed by atoms with E-state index in [4.69, 9.17) is 9.47 Å². The van der Waals surface area contributed by atoms with Crippen molar-refractivity contribution >= 4 is 5.97 Å². The lowest BCUT2D eigenvalue weighted by Crippen LogP contribution is -2.61. The Balaban J connectivity index is 1.54. The molecule has 0 aromatic carbocycles. The molecule has 29 heavy (non-hydrogen) atoms.